The summed E-state index contributed by atoms with van der Waals surface area (Å²) < 4.78 is 0. The molecule has 2 bridgehead atoms. The Morgan fingerprint density at radius 3 is 2.32 bits per heavy atom. The van der Waals surface area contributed by atoms with Crippen molar-refractivity contribution in [1.29, 1.82) is 0 Å². The summed E-state index contributed by atoms with van der Waals surface area (Å²) in [5.41, 5.74) is 1.64. The van der Waals surface area contributed by atoms with E-state index in [0.717, 1.165) is 36.5 Å². The van der Waals surface area contributed by atoms with Gasteiger partial charge in [-0.1, -0.05) is 0 Å². The molecule has 146 valence electrons. The summed E-state index contributed by atoms with van der Waals surface area (Å²) in [4.78, 5) is 52.8. The smallest absolute Gasteiger partial charge is 0.262 e. The minimum atomic E-state index is -0.924. The quantitative estimate of drug-likeness (QED) is 0.720. The van der Waals surface area contributed by atoms with Gasteiger partial charge < -0.3 is 10.2 Å². The number of carbonyl (C=O) groups is 4. The first-order chi connectivity index (χ1) is 13.5. The number of nitrogens with zero attached hydrogens (tertiary/aromatic N) is 2. The first-order valence-electron chi connectivity index (χ1n) is 9.89. The normalized spacial score (nSPS) is 29.8. The highest BCUT2D eigenvalue weighted by Gasteiger charge is 2.45. The number of hydrogen-bond acceptors (Lipinski definition) is 6. The summed E-state index contributed by atoms with van der Waals surface area (Å²) in [7, 11) is 0. The van der Waals surface area contributed by atoms with Crippen molar-refractivity contribution < 1.29 is 19.2 Å². The highest BCUT2D eigenvalue weighted by molar-refractivity contribution is 6.23. The van der Waals surface area contributed by atoms with Crippen molar-refractivity contribution in [2.45, 2.75) is 50.2 Å². The zero-order valence-electron chi connectivity index (χ0n) is 15.4. The summed E-state index contributed by atoms with van der Waals surface area (Å²) in [6.45, 7) is 1.84. The van der Waals surface area contributed by atoms with Gasteiger partial charge >= 0.3 is 0 Å². The highest BCUT2D eigenvalue weighted by atomic mass is 16.2. The van der Waals surface area contributed by atoms with Crippen LogP contribution in [0.15, 0.2) is 18.2 Å². The molecule has 3 atom stereocenters. The molecule has 3 fully saturated rings. The molecule has 5 rings (SSSR count). The molecule has 8 heteroatoms. The summed E-state index contributed by atoms with van der Waals surface area (Å²) in [6, 6.07) is 5.28. The SMILES string of the molecule is O=C1CCC(N2C(=O)c3ccc(N4C5CCCC4CNC5)cc3C2=O)C(=O)N1. The lowest BCUT2D eigenvalue weighted by atomic mass is 9.91. The number of fused-ring (bicyclic) bond motifs is 3. The van der Waals surface area contributed by atoms with Crippen LogP contribution in [0.1, 0.15) is 52.8 Å². The van der Waals surface area contributed by atoms with Gasteiger partial charge in [-0.2, -0.15) is 0 Å². The van der Waals surface area contributed by atoms with Crippen molar-refractivity contribution in [1.82, 2.24) is 15.5 Å². The van der Waals surface area contributed by atoms with Gasteiger partial charge in [0.25, 0.3) is 11.8 Å². The molecule has 3 saturated heterocycles. The number of carbonyl (C=O) groups excluding carboxylic acids is 4. The van der Waals surface area contributed by atoms with Crippen LogP contribution in [0.3, 0.4) is 0 Å². The minimum absolute atomic E-state index is 0.124. The zero-order valence-corrected chi connectivity index (χ0v) is 15.4. The van der Waals surface area contributed by atoms with E-state index in [9.17, 15) is 19.2 Å². The van der Waals surface area contributed by atoms with Gasteiger partial charge in [0.2, 0.25) is 11.8 Å². The zero-order chi connectivity index (χ0) is 19.4. The fraction of sp³-hybridized carbons (Fsp3) is 0.500. The Morgan fingerprint density at radius 2 is 1.61 bits per heavy atom. The fourth-order valence-electron chi connectivity index (χ4n) is 5.02. The van der Waals surface area contributed by atoms with Gasteiger partial charge in [-0.15, -0.1) is 0 Å². The van der Waals surface area contributed by atoms with E-state index in [1.165, 1.54) is 6.42 Å². The molecule has 0 aliphatic carbocycles. The fourth-order valence-corrected chi connectivity index (χ4v) is 5.02. The van der Waals surface area contributed by atoms with Crippen molar-refractivity contribution in [3.8, 4) is 0 Å². The van der Waals surface area contributed by atoms with Gasteiger partial charge in [0, 0.05) is 37.3 Å². The first kappa shape index (κ1) is 17.4. The average molecular weight is 382 g/mol. The molecular formula is C20H22N4O4. The average Bonchev–Trinajstić information content (AvgIpc) is 2.92. The Bertz CT molecular complexity index is 876. The molecule has 8 nitrogen and oxygen atoms in total. The Morgan fingerprint density at radius 1 is 0.893 bits per heavy atom. The predicted octanol–water partition coefficient (Wildman–Crippen LogP) is 0.419. The monoisotopic (exact) mass is 382 g/mol. The molecule has 28 heavy (non-hydrogen) atoms. The van der Waals surface area contributed by atoms with Crippen LogP contribution in [0, 0.1) is 0 Å². The van der Waals surface area contributed by atoms with Crippen molar-refractivity contribution in [2.75, 3.05) is 18.0 Å². The number of benzene rings is 1. The molecule has 4 amide bonds. The summed E-state index contributed by atoms with van der Waals surface area (Å²) in [5.74, 6) is -1.86. The lowest BCUT2D eigenvalue weighted by molar-refractivity contribution is -0.136. The van der Waals surface area contributed by atoms with Crippen molar-refractivity contribution in [3.05, 3.63) is 29.3 Å². The molecule has 0 aromatic heterocycles. The van der Waals surface area contributed by atoms with Crippen LogP contribution in [0.5, 0.6) is 0 Å². The maximum absolute atomic E-state index is 13.0. The molecular weight excluding hydrogens is 360 g/mol. The maximum Gasteiger partial charge on any atom is 0.262 e. The van der Waals surface area contributed by atoms with Gasteiger partial charge in [0.05, 0.1) is 11.1 Å². The number of piperazine rings is 1. The van der Waals surface area contributed by atoms with E-state index in [1.807, 2.05) is 6.07 Å². The highest BCUT2D eigenvalue weighted by Crippen LogP contribution is 2.35. The molecule has 1 aromatic carbocycles. The second-order valence-corrected chi connectivity index (χ2v) is 7.98. The molecule has 0 spiro atoms. The minimum Gasteiger partial charge on any atom is -0.363 e. The van der Waals surface area contributed by atoms with Crippen LogP contribution in [0.25, 0.3) is 0 Å². The summed E-state index contributed by atoms with van der Waals surface area (Å²) in [5, 5.41) is 5.70. The lowest BCUT2D eigenvalue weighted by Gasteiger charge is -2.48. The maximum atomic E-state index is 13.0. The second-order valence-electron chi connectivity index (χ2n) is 7.98. The van der Waals surface area contributed by atoms with Gasteiger partial charge in [-0.25, -0.2) is 0 Å². The summed E-state index contributed by atoms with van der Waals surface area (Å²) >= 11 is 0. The van der Waals surface area contributed by atoms with Crippen LogP contribution in [-0.4, -0.2) is 59.7 Å². The van der Waals surface area contributed by atoms with Crippen LogP contribution in [-0.2, 0) is 9.59 Å². The van der Waals surface area contributed by atoms with E-state index in [2.05, 4.69) is 15.5 Å². The second kappa shape index (κ2) is 6.41. The van der Waals surface area contributed by atoms with Gasteiger partial charge in [-0.3, -0.25) is 29.4 Å². The molecule has 0 radical (unpaired) electrons. The third-order valence-corrected chi connectivity index (χ3v) is 6.34. The molecule has 1 aromatic rings. The number of hydrogen-bond donors (Lipinski definition) is 2. The van der Waals surface area contributed by atoms with Gasteiger partial charge in [0.1, 0.15) is 6.04 Å². The number of piperidine rings is 2. The predicted molar refractivity (Wildman–Crippen MR) is 99.9 cm³/mol. The van der Waals surface area contributed by atoms with Crippen molar-refractivity contribution in [3.63, 3.8) is 0 Å². The van der Waals surface area contributed by atoms with E-state index < -0.39 is 23.8 Å². The molecule has 4 heterocycles. The van der Waals surface area contributed by atoms with E-state index in [-0.39, 0.29) is 18.7 Å². The molecule has 0 saturated carbocycles. The Hall–Kier alpha value is -2.74. The molecule has 4 aliphatic rings. The topological polar surface area (TPSA) is 98.8 Å². The Kier molecular flexibility index (Phi) is 3.97. The van der Waals surface area contributed by atoms with Crippen LogP contribution >= 0.6 is 0 Å². The third-order valence-electron chi connectivity index (χ3n) is 6.34. The summed E-state index contributed by atoms with van der Waals surface area (Å²) in [6.07, 6.45) is 3.72. The number of imide groups is 2. The van der Waals surface area contributed by atoms with Gasteiger partial charge in [0.15, 0.2) is 0 Å². The van der Waals surface area contributed by atoms with Crippen LogP contribution in [0.2, 0.25) is 0 Å². The Labute approximate surface area is 162 Å². The first-order valence-corrected chi connectivity index (χ1v) is 9.89. The lowest BCUT2D eigenvalue weighted by Crippen LogP contribution is -2.59. The number of amides is 4. The van der Waals surface area contributed by atoms with Crippen molar-refractivity contribution >= 4 is 29.3 Å². The number of anilines is 1. The van der Waals surface area contributed by atoms with E-state index in [1.54, 1.807) is 12.1 Å². The van der Waals surface area contributed by atoms with Gasteiger partial charge in [-0.05, 0) is 43.9 Å². The molecule has 4 aliphatic heterocycles. The Balaban J connectivity index is 1.46. The van der Waals surface area contributed by atoms with E-state index in [4.69, 9.17) is 0 Å². The molecule has 3 unspecified atom stereocenters. The van der Waals surface area contributed by atoms with E-state index >= 15 is 0 Å². The van der Waals surface area contributed by atoms with E-state index in [0.29, 0.717) is 23.2 Å². The third kappa shape index (κ3) is 2.55. The number of rotatable bonds is 2. The van der Waals surface area contributed by atoms with Crippen LogP contribution in [0.4, 0.5) is 5.69 Å². The largest absolute Gasteiger partial charge is 0.363 e. The van der Waals surface area contributed by atoms with Crippen molar-refractivity contribution in [2.24, 2.45) is 0 Å². The molecule has 2 N–H and O–H groups in total. The number of nitrogens with one attached hydrogen (secondary N) is 2. The van der Waals surface area contributed by atoms with Crippen LogP contribution < -0.4 is 15.5 Å². The standard InChI is InChI=1S/C20H22N4O4/c25-17-7-6-16(18(26)22-17)24-19(27)14-5-4-11(8-15(14)20(24)28)23-12-2-1-3-13(23)10-21-9-12/h4-5,8,12-13,16,21H,1-3,6-7,9-10H2,(H,22,25,26).